The Labute approximate surface area is 137 Å². The zero-order chi connectivity index (χ0) is 16.8. The molecule has 0 amide bonds. The second-order valence-corrected chi connectivity index (χ2v) is 5.78. The maximum atomic E-state index is 12.8. The number of para-hydroxylation sites is 1. The van der Waals surface area contributed by atoms with Crippen LogP contribution in [0, 0.1) is 0 Å². The molecule has 2 aromatic rings. The molecule has 23 heavy (non-hydrogen) atoms. The molecule has 1 aromatic heterocycles. The van der Waals surface area contributed by atoms with Crippen molar-refractivity contribution in [3.8, 4) is 0 Å². The molecule has 2 rings (SSSR count). The quantitative estimate of drug-likeness (QED) is 0.575. The first-order chi connectivity index (χ1) is 11.2. The van der Waals surface area contributed by atoms with Gasteiger partial charge in [-0.1, -0.05) is 31.2 Å². The summed E-state index contributed by atoms with van der Waals surface area (Å²) >= 11 is 0. The minimum atomic E-state index is -0.186. The van der Waals surface area contributed by atoms with E-state index in [1.807, 2.05) is 51.1 Å². The molecule has 0 spiro atoms. The molecule has 0 radical (unpaired) electrons. The Morgan fingerprint density at radius 1 is 1.17 bits per heavy atom. The Morgan fingerprint density at radius 3 is 2.57 bits per heavy atom. The fourth-order valence-corrected chi connectivity index (χ4v) is 3.12. The van der Waals surface area contributed by atoms with E-state index in [4.69, 9.17) is 0 Å². The van der Waals surface area contributed by atoms with Crippen LogP contribution in [-0.2, 0) is 6.54 Å². The summed E-state index contributed by atoms with van der Waals surface area (Å²) in [6, 6.07) is 7.34. The van der Waals surface area contributed by atoms with E-state index in [0.29, 0.717) is 11.9 Å². The molecule has 0 saturated carbocycles. The largest absolute Gasteiger partial charge is 0.331 e. The van der Waals surface area contributed by atoms with Crippen molar-refractivity contribution in [3.05, 3.63) is 57.3 Å². The highest BCUT2D eigenvalue weighted by Gasteiger charge is 2.18. The summed E-state index contributed by atoms with van der Waals surface area (Å²) in [6.07, 6.45) is 7.75. The molecule has 0 saturated heterocycles. The van der Waals surface area contributed by atoms with Crippen LogP contribution >= 0.6 is 0 Å². The molecule has 0 aliphatic carbocycles. The van der Waals surface area contributed by atoms with Gasteiger partial charge in [0.05, 0.1) is 10.9 Å². The number of nitrogens with zero attached hydrogens (tertiary/aromatic N) is 2. The van der Waals surface area contributed by atoms with Crippen molar-refractivity contribution in [1.29, 1.82) is 0 Å². The minimum absolute atomic E-state index is 0.0392. The number of aryl methyl sites for hydroxylation is 1. The van der Waals surface area contributed by atoms with E-state index in [-0.39, 0.29) is 17.3 Å². The van der Waals surface area contributed by atoms with Crippen LogP contribution in [0.5, 0.6) is 0 Å². The lowest BCUT2D eigenvalue weighted by Gasteiger charge is -2.20. The number of rotatable bonds is 7. The normalized spacial score (nSPS) is 13.0. The predicted molar refractivity (Wildman–Crippen MR) is 96.1 cm³/mol. The van der Waals surface area contributed by atoms with E-state index < -0.39 is 0 Å². The van der Waals surface area contributed by atoms with Crippen molar-refractivity contribution in [2.45, 2.75) is 59.0 Å². The van der Waals surface area contributed by atoms with Gasteiger partial charge in [0, 0.05) is 12.6 Å². The van der Waals surface area contributed by atoms with Crippen LogP contribution < -0.4 is 11.2 Å². The van der Waals surface area contributed by atoms with Crippen molar-refractivity contribution < 1.29 is 0 Å². The van der Waals surface area contributed by atoms with E-state index in [1.54, 1.807) is 4.57 Å². The van der Waals surface area contributed by atoms with Gasteiger partial charge in [-0.15, -0.1) is 0 Å². The third-order valence-corrected chi connectivity index (χ3v) is 4.38. The SMILES string of the molecule is CC=CCCCC(CC)n1c(=O)c2ccccc2n(CC)c1=O. The minimum Gasteiger partial charge on any atom is -0.293 e. The molecule has 1 heterocycles. The van der Waals surface area contributed by atoms with Gasteiger partial charge in [0.2, 0.25) is 0 Å². The third kappa shape index (κ3) is 3.46. The first-order valence-electron chi connectivity index (χ1n) is 8.50. The highest BCUT2D eigenvalue weighted by Crippen LogP contribution is 2.17. The fraction of sp³-hybridized carbons (Fsp3) is 0.474. The number of aromatic nitrogens is 2. The molecule has 0 aliphatic rings. The van der Waals surface area contributed by atoms with Gasteiger partial charge in [-0.3, -0.25) is 13.9 Å². The Bertz CT molecular complexity index is 799. The van der Waals surface area contributed by atoms with Crippen LogP contribution in [0.4, 0.5) is 0 Å². The number of benzene rings is 1. The monoisotopic (exact) mass is 314 g/mol. The highest BCUT2D eigenvalue weighted by atomic mass is 16.2. The lowest BCUT2D eigenvalue weighted by molar-refractivity contribution is 0.405. The first kappa shape index (κ1) is 17.3. The third-order valence-electron chi connectivity index (χ3n) is 4.38. The molecule has 124 valence electrons. The number of hydrogen-bond acceptors (Lipinski definition) is 2. The summed E-state index contributed by atoms with van der Waals surface area (Å²) in [5, 5.41) is 0.626. The van der Waals surface area contributed by atoms with Crippen molar-refractivity contribution in [1.82, 2.24) is 9.13 Å². The average Bonchev–Trinajstić information content (AvgIpc) is 2.57. The highest BCUT2D eigenvalue weighted by molar-refractivity contribution is 5.77. The molecular formula is C19H26N2O2. The van der Waals surface area contributed by atoms with Crippen LogP contribution in [0.3, 0.4) is 0 Å². The predicted octanol–water partition coefficient (Wildman–Crippen LogP) is 3.88. The summed E-state index contributed by atoms with van der Waals surface area (Å²) in [7, 11) is 0. The molecule has 0 bridgehead atoms. The second kappa shape index (κ2) is 7.95. The molecule has 0 N–H and O–H groups in total. The molecule has 0 fully saturated rings. The Hall–Kier alpha value is -2.10. The zero-order valence-corrected chi connectivity index (χ0v) is 14.3. The van der Waals surface area contributed by atoms with E-state index in [0.717, 1.165) is 31.2 Å². The summed E-state index contributed by atoms with van der Waals surface area (Å²) in [5.41, 5.74) is 0.382. The average molecular weight is 314 g/mol. The lowest BCUT2D eigenvalue weighted by atomic mass is 10.1. The summed E-state index contributed by atoms with van der Waals surface area (Å²) in [4.78, 5) is 25.7. The first-order valence-corrected chi connectivity index (χ1v) is 8.50. The molecule has 1 aromatic carbocycles. The van der Waals surface area contributed by atoms with Gasteiger partial charge in [0.25, 0.3) is 5.56 Å². The van der Waals surface area contributed by atoms with Crippen LogP contribution in [0.1, 0.15) is 52.5 Å². The molecule has 1 unspecified atom stereocenters. The fourth-order valence-electron chi connectivity index (χ4n) is 3.12. The summed E-state index contributed by atoms with van der Waals surface area (Å²) in [6.45, 7) is 6.55. The van der Waals surface area contributed by atoms with E-state index in [9.17, 15) is 9.59 Å². The van der Waals surface area contributed by atoms with Gasteiger partial charge in [0.15, 0.2) is 0 Å². The maximum absolute atomic E-state index is 12.8. The van der Waals surface area contributed by atoms with Crippen molar-refractivity contribution in [2.24, 2.45) is 0 Å². The van der Waals surface area contributed by atoms with E-state index >= 15 is 0 Å². The second-order valence-electron chi connectivity index (χ2n) is 5.78. The van der Waals surface area contributed by atoms with Gasteiger partial charge in [-0.25, -0.2) is 4.79 Å². The smallest absolute Gasteiger partial charge is 0.293 e. The van der Waals surface area contributed by atoms with Gasteiger partial charge < -0.3 is 0 Å². The van der Waals surface area contributed by atoms with Gasteiger partial charge in [-0.05, 0) is 51.7 Å². The molecule has 0 aliphatic heterocycles. The van der Waals surface area contributed by atoms with Crippen LogP contribution in [-0.4, -0.2) is 9.13 Å². The van der Waals surface area contributed by atoms with Gasteiger partial charge in [-0.2, -0.15) is 0 Å². The molecule has 4 nitrogen and oxygen atoms in total. The number of hydrogen-bond donors (Lipinski definition) is 0. The molecule has 1 atom stereocenters. The molecular weight excluding hydrogens is 288 g/mol. The van der Waals surface area contributed by atoms with Crippen LogP contribution in [0.25, 0.3) is 10.9 Å². The van der Waals surface area contributed by atoms with Crippen LogP contribution in [0.15, 0.2) is 46.0 Å². The Morgan fingerprint density at radius 2 is 1.91 bits per heavy atom. The number of unbranched alkanes of at least 4 members (excludes halogenated alkanes) is 1. The van der Waals surface area contributed by atoms with E-state index in [1.165, 1.54) is 4.57 Å². The standard InChI is InChI=1S/C19H26N2O2/c1-4-7-8-9-12-15(5-2)21-18(22)16-13-10-11-14-17(16)20(6-3)19(21)23/h4,7,10-11,13-15H,5-6,8-9,12H2,1-3H3. The van der Waals surface area contributed by atoms with E-state index in [2.05, 4.69) is 6.08 Å². The van der Waals surface area contributed by atoms with Crippen molar-refractivity contribution in [3.63, 3.8) is 0 Å². The van der Waals surface area contributed by atoms with Crippen molar-refractivity contribution in [2.75, 3.05) is 0 Å². The van der Waals surface area contributed by atoms with Crippen molar-refractivity contribution >= 4 is 10.9 Å². The maximum Gasteiger partial charge on any atom is 0.331 e. The number of allylic oxidation sites excluding steroid dienone is 2. The zero-order valence-electron chi connectivity index (χ0n) is 14.3. The summed E-state index contributed by atoms with van der Waals surface area (Å²) in [5.74, 6) is 0. The molecule has 4 heteroatoms. The van der Waals surface area contributed by atoms with Crippen LogP contribution in [0.2, 0.25) is 0 Å². The summed E-state index contributed by atoms with van der Waals surface area (Å²) < 4.78 is 3.17. The Kier molecular flexibility index (Phi) is 5.97. The Balaban J connectivity index is 2.54. The lowest BCUT2D eigenvalue weighted by Crippen LogP contribution is -2.42. The topological polar surface area (TPSA) is 44.0 Å². The number of fused-ring (bicyclic) bond motifs is 1. The van der Waals surface area contributed by atoms with Gasteiger partial charge >= 0.3 is 5.69 Å². The van der Waals surface area contributed by atoms with Gasteiger partial charge in [0.1, 0.15) is 0 Å².